The number of hydrogen-bond donors (Lipinski definition) is 0. The van der Waals surface area contributed by atoms with Crippen molar-refractivity contribution in [2.75, 3.05) is 0 Å². The van der Waals surface area contributed by atoms with Gasteiger partial charge in [0.25, 0.3) is 0 Å². The normalized spacial score (nSPS) is 10.8. The van der Waals surface area contributed by atoms with Gasteiger partial charge in [0.1, 0.15) is 0 Å². The summed E-state index contributed by atoms with van der Waals surface area (Å²) in [6.45, 7) is 0.410. The van der Waals surface area contributed by atoms with Gasteiger partial charge in [-0.2, -0.15) is 0 Å². The van der Waals surface area contributed by atoms with E-state index in [-0.39, 0.29) is 0 Å². The number of benzene rings is 2. The van der Waals surface area contributed by atoms with Crippen LogP contribution < -0.4 is 0 Å². The Morgan fingerprint density at radius 3 is 2.57 bits per heavy atom. The summed E-state index contributed by atoms with van der Waals surface area (Å²) < 4.78 is 1.64. The fourth-order valence-electron chi connectivity index (χ4n) is 1.97. The van der Waals surface area contributed by atoms with Crippen molar-refractivity contribution in [1.82, 2.24) is 20.2 Å². The second-order valence-corrected chi connectivity index (χ2v) is 5.63. The van der Waals surface area contributed by atoms with E-state index in [2.05, 4.69) is 15.5 Å². The van der Waals surface area contributed by atoms with Gasteiger partial charge in [-0.1, -0.05) is 46.9 Å². The number of rotatable bonds is 3. The van der Waals surface area contributed by atoms with Crippen LogP contribution in [0.4, 0.5) is 0 Å². The molecule has 0 spiro atoms. The molecule has 2 aromatic carbocycles. The predicted molar refractivity (Wildman–Crippen MR) is 83.8 cm³/mol. The molecular weight excluding hydrogens is 331 g/mol. The SMILES string of the molecule is Clc1ccc(Cl)c(Cn2nnnc2-c2ccccc2Cl)c1. The zero-order valence-corrected chi connectivity index (χ0v) is 12.9. The molecule has 0 fully saturated rings. The van der Waals surface area contributed by atoms with Gasteiger partial charge in [0.2, 0.25) is 0 Å². The zero-order valence-electron chi connectivity index (χ0n) is 10.7. The van der Waals surface area contributed by atoms with E-state index in [1.54, 1.807) is 28.9 Å². The molecule has 0 saturated heterocycles. The maximum atomic E-state index is 6.19. The highest BCUT2D eigenvalue weighted by Crippen LogP contribution is 2.27. The highest BCUT2D eigenvalue weighted by Gasteiger charge is 2.13. The highest BCUT2D eigenvalue weighted by atomic mass is 35.5. The second-order valence-electron chi connectivity index (χ2n) is 4.38. The van der Waals surface area contributed by atoms with Crippen LogP contribution in [0, 0.1) is 0 Å². The first-order valence-corrected chi connectivity index (χ1v) is 7.23. The van der Waals surface area contributed by atoms with Crippen LogP contribution in [-0.4, -0.2) is 20.2 Å². The van der Waals surface area contributed by atoms with Crippen LogP contribution in [0.25, 0.3) is 11.4 Å². The predicted octanol–water partition coefficient (Wildman–Crippen LogP) is 4.35. The van der Waals surface area contributed by atoms with Crippen molar-refractivity contribution in [2.45, 2.75) is 6.54 Å². The molecule has 0 aliphatic heterocycles. The minimum Gasteiger partial charge on any atom is -0.221 e. The number of tetrazole rings is 1. The summed E-state index contributed by atoms with van der Waals surface area (Å²) in [6, 6.07) is 12.7. The van der Waals surface area contributed by atoms with Crippen molar-refractivity contribution in [2.24, 2.45) is 0 Å². The van der Waals surface area contributed by atoms with E-state index in [1.807, 2.05) is 18.2 Å². The summed E-state index contributed by atoms with van der Waals surface area (Å²) in [5, 5.41) is 13.6. The van der Waals surface area contributed by atoms with Crippen molar-refractivity contribution < 1.29 is 0 Å². The molecule has 0 saturated carbocycles. The lowest BCUT2D eigenvalue weighted by molar-refractivity contribution is 0.653. The van der Waals surface area contributed by atoms with E-state index < -0.39 is 0 Å². The third kappa shape index (κ3) is 3.02. The number of halogens is 3. The van der Waals surface area contributed by atoms with Crippen LogP contribution >= 0.6 is 34.8 Å². The molecule has 7 heteroatoms. The molecule has 0 radical (unpaired) electrons. The summed E-state index contributed by atoms with van der Waals surface area (Å²) in [5.74, 6) is 0.580. The van der Waals surface area contributed by atoms with Gasteiger partial charge in [0.15, 0.2) is 5.82 Å². The average Bonchev–Trinajstić information content (AvgIpc) is 2.91. The summed E-state index contributed by atoms with van der Waals surface area (Å²) in [6.07, 6.45) is 0. The Labute approximate surface area is 136 Å². The van der Waals surface area contributed by atoms with E-state index in [0.29, 0.717) is 27.4 Å². The Morgan fingerprint density at radius 2 is 1.76 bits per heavy atom. The van der Waals surface area contributed by atoms with Gasteiger partial charge in [-0.3, -0.25) is 0 Å². The lowest BCUT2D eigenvalue weighted by Crippen LogP contribution is -2.05. The average molecular weight is 340 g/mol. The Bertz CT molecular complexity index is 785. The smallest absolute Gasteiger partial charge is 0.183 e. The van der Waals surface area contributed by atoms with Gasteiger partial charge in [-0.15, -0.1) is 5.10 Å². The molecule has 0 amide bonds. The topological polar surface area (TPSA) is 43.6 Å². The second kappa shape index (κ2) is 6.02. The quantitative estimate of drug-likeness (QED) is 0.712. The van der Waals surface area contributed by atoms with Crippen LogP contribution in [0.2, 0.25) is 15.1 Å². The van der Waals surface area contributed by atoms with Crippen molar-refractivity contribution >= 4 is 34.8 Å². The molecular formula is C14H9Cl3N4. The minimum atomic E-state index is 0.410. The van der Waals surface area contributed by atoms with Gasteiger partial charge in [-0.05, 0) is 46.3 Å². The van der Waals surface area contributed by atoms with E-state index in [9.17, 15) is 0 Å². The van der Waals surface area contributed by atoms with Gasteiger partial charge < -0.3 is 0 Å². The Kier molecular flexibility index (Phi) is 4.10. The number of hydrogen-bond acceptors (Lipinski definition) is 3. The Hall–Kier alpha value is -1.62. The first-order valence-electron chi connectivity index (χ1n) is 6.10. The molecule has 1 aromatic heterocycles. The lowest BCUT2D eigenvalue weighted by atomic mass is 10.2. The zero-order chi connectivity index (χ0) is 14.8. The van der Waals surface area contributed by atoms with Crippen LogP contribution in [0.5, 0.6) is 0 Å². The fraction of sp³-hybridized carbons (Fsp3) is 0.0714. The first-order chi connectivity index (χ1) is 10.1. The van der Waals surface area contributed by atoms with Gasteiger partial charge in [-0.25, -0.2) is 4.68 Å². The maximum absolute atomic E-state index is 6.19. The Morgan fingerprint density at radius 1 is 0.952 bits per heavy atom. The van der Waals surface area contributed by atoms with Crippen LogP contribution in [0.15, 0.2) is 42.5 Å². The molecule has 0 atom stereocenters. The standard InChI is InChI=1S/C14H9Cl3N4/c15-10-5-6-12(16)9(7-10)8-21-14(18-19-20-21)11-3-1-2-4-13(11)17/h1-7H,8H2. The van der Waals surface area contributed by atoms with Gasteiger partial charge in [0.05, 0.1) is 11.6 Å². The van der Waals surface area contributed by atoms with Crippen molar-refractivity contribution in [3.05, 3.63) is 63.1 Å². The monoisotopic (exact) mass is 338 g/mol. The van der Waals surface area contributed by atoms with Crippen molar-refractivity contribution in [1.29, 1.82) is 0 Å². The molecule has 0 aliphatic rings. The summed E-state index contributed by atoms with van der Waals surface area (Å²) >= 11 is 18.4. The molecule has 0 N–H and O–H groups in total. The molecule has 0 aliphatic carbocycles. The molecule has 3 aromatic rings. The summed E-state index contributed by atoms with van der Waals surface area (Å²) in [7, 11) is 0. The molecule has 3 rings (SSSR count). The number of nitrogens with zero attached hydrogens (tertiary/aromatic N) is 4. The summed E-state index contributed by atoms with van der Waals surface area (Å²) in [5.41, 5.74) is 1.60. The van der Waals surface area contributed by atoms with Crippen LogP contribution in [0.3, 0.4) is 0 Å². The maximum Gasteiger partial charge on any atom is 0.183 e. The van der Waals surface area contributed by atoms with Gasteiger partial charge in [0, 0.05) is 15.6 Å². The van der Waals surface area contributed by atoms with Crippen molar-refractivity contribution in [3.63, 3.8) is 0 Å². The van der Waals surface area contributed by atoms with E-state index >= 15 is 0 Å². The van der Waals surface area contributed by atoms with E-state index in [0.717, 1.165) is 11.1 Å². The first kappa shape index (κ1) is 14.3. The fourth-order valence-corrected chi connectivity index (χ4v) is 2.56. The molecule has 0 bridgehead atoms. The van der Waals surface area contributed by atoms with E-state index in [1.165, 1.54) is 0 Å². The van der Waals surface area contributed by atoms with E-state index in [4.69, 9.17) is 34.8 Å². The summed E-state index contributed by atoms with van der Waals surface area (Å²) in [4.78, 5) is 0. The van der Waals surface area contributed by atoms with Gasteiger partial charge >= 0.3 is 0 Å². The largest absolute Gasteiger partial charge is 0.221 e. The minimum absolute atomic E-state index is 0.410. The molecule has 106 valence electrons. The highest BCUT2D eigenvalue weighted by molar-refractivity contribution is 6.33. The van der Waals surface area contributed by atoms with Crippen LogP contribution in [-0.2, 0) is 6.54 Å². The Balaban J connectivity index is 2.00. The molecule has 4 nitrogen and oxygen atoms in total. The van der Waals surface area contributed by atoms with Crippen LogP contribution in [0.1, 0.15) is 5.56 Å². The molecule has 0 unspecified atom stereocenters. The molecule has 1 heterocycles. The molecule has 21 heavy (non-hydrogen) atoms. The van der Waals surface area contributed by atoms with Crippen molar-refractivity contribution in [3.8, 4) is 11.4 Å². The third-order valence-electron chi connectivity index (χ3n) is 2.97. The third-order valence-corrected chi connectivity index (χ3v) is 3.91. The lowest BCUT2D eigenvalue weighted by Gasteiger charge is -2.08. The number of aromatic nitrogens is 4.